The van der Waals surface area contributed by atoms with Crippen LogP contribution in [0.25, 0.3) is 11.1 Å². The van der Waals surface area contributed by atoms with Crippen molar-refractivity contribution in [2.45, 2.75) is 39.3 Å². The van der Waals surface area contributed by atoms with Crippen LogP contribution in [0.5, 0.6) is 0 Å². The first-order chi connectivity index (χ1) is 14.1. The number of halogens is 2. The zero-order chi connectivity index (χ0) is 22.3. The molecule has 0 unspecified atom stereocenters. The highest BCUT2D eigenvalue weighted by Crippen LogP contribution is 2.26. The summed E-state index contributed by atoms with van der Waals surface area (Å²) in [4.78, 5) is 24.5. The first-order valence-electron chi connectivity index (χ1n) is 9.52. The SMILES string of the molecule is CC(C)(C)OC(=O)N(CCCF)Cc1ccc(-c2ccc(NC(=O)O)cc2F)cc1. The van der Waals surface area contributed by atoms with E-state index >= 15 is 0 Å². The number of amides is 2. The molecule has 0 bridgehead atoms. The Morgan fingerprint density at radius 3 is 2.33 bits per heavy atom. The number of hydrogen-bond acceptors (Lipinski definition) is 3. The molecule has 2 aromatic carbocycles. The lowest BCUT2D eigenvalue weighted by atomic mass is 10.0. The van der Waals surface area contributed by atoms with E-state index in [0.717, 1.165) is 11.6 Å². The van der Waals surface area contributed by atoms with Gasteiger partial charge in [0.1, 0.15) is 11.4 Å². The minimum Gasteiger partial charge on any atom is -0.465 e. The van der Waals surface area contributed by atoms with Crippen molar-refractivity contribution in [3.8, 4) is 11.1 Å². The van der Waals surface area contributed by atoms with Crippen molar-refractivity contribution in [3.05, 3.63) is 53.8 Å². The average Bonchev–Trinajstić information content (AvgIpc) is 2.64. The third kappa shape index (κ3) is 7.02. The molecule has 0 fully saturated rings. The molecule has 0 heterocycles. The predicted octanol–water partition coefficient (Wildman–Crippen LogP) is 5.68. The molecule has 0 aliphatic heterocycles. The van der Waals surface area contributed by atoms with Crippen LogP contribution < -0.4 is 5.32 Å². The van der Waals surface area contributed by atoms with Gasteiger partial charge in [0.2, 0.25) is 0 Å². The van der Waals surface area contributed by atoms with Gasteiger partial charge >= 0.3 is 12.2 Å². The smallest absolute Gasteiger partial charge is 0.410 e. The molecule has 2 aromatic rings. The Hall–Kier alpha value is -3.16. The molecule has 0 aliphatic rings. The quantitative estimate of drug-likeness (QED) is 0.604. The summed E-state index contributed by atoms with van der Waals surface area (Å²) in [6.45, 7) is 5.21. The monoisotopic (exact) mass is 420 g/mol. The summed E-state index contributed by atoms with van der Waals surface area (Å²) in [6, 6.07) is 11.0. The normalized spacial score (nSPS) is 11.1. The van der Waals surface area contributed by atoms with Gasteiger partial charge in [0, 0.05) is 24.3 Å². The van der Waals surface area contributed by atoms with E-state index in [1.807, 2.05) is 0 Å². The number of nitrogens with zero attached hydrogens (tertiary/aromatic N) is 1. The summed E-state index contributed by atoms with van der Waals surface area (Å²) in [7, 11) is 0. The summed E-state index contributed by atoms with van der Waals surface area (Å²) in [5.74, 6) is -0.563. The molecule has 8 heteroatoms. The molecule has 6 nitrogen and oxygen atoms in total. The Labute approximate surface area is 174 Å². The van der Waals surface area contributed by atoms with Gasteiger partial charge in [-0.2, -0.15) is 0 Å². The van der Waals surface area contributed by atoms with Crippen molar-refractivity contribution >= 4 is 17.9 Å². The molecule has 0 saturated carbocycles. The minimum absolute atomic E-state index is 0.140. The highest BCUT2D eigenvalue weighted by atomic mass is 19.1. The molecule has 0 aliphatic carbocycles. The molecule has 0 spiro atoms. The summed E-state index contributed by atoms with van der Waals surface area (Å²) >= 11 is 0. The molecule has 0 atom stereocenters. The summed E-state index contributed by atoms with van der Waals surface area (Å²) in [5, 5.41) is 10.8. The molecule has 2 amide bonds. The highest BCUT2D eigenvalue weighted by Gasteiger charge is 2.22. The van der Waals surface area contributed by atoms with Crippen LogP contribution in [-0.4, -0.2) is 41.0 Å². The van der Waals surface area contributed by atoms with Crippen molar-refractivity contribution in [2.24, 2.45) is 0 Å². The Morgan fingerprint density at radius 2 is 1.80 bits per heavy atom. The molecule has 30 heavy (non-hydrogen) atoms. The molecule has 0 saturated heterocycles. The zero-order valence-corrected chi connectivity index (χ0v) is 17.2. The second-order valence-corrected chi connectivity index (χ2v) is 7.77. The van der Waals surface area contributed by atoms with E-state index in [0.29, 0.717) is 11.1 Å². The van der Waals surface area contributed by atoms with Gasteiger partial charge in [0.25, 0.3) is 0 Å². The summed E-state index contributed by atoms with van der Waals surface area (Å²) < 4.78 is 32.4. The maximum Gasteiger partial charge on any atom is 0.410 e. The van der Waals surface area contributed by atoms with E-state index in [-0.39, 0.29) is 25.2 Å². The third-order valence-electron chi connectivity index (χ3n) is 4.07. The topological polar surface area (TPSA) is 78.9 Å². The van der Waals surface area contributed by atoms with Crippen LogP contribution in [-0.2, 0) is 11.3 Å². The molecule has 0 radical (unpaired) electrons. The number of ether oxygens (including phenoxy) is 1. The van der Waals surface area contributed by atoms with Crippen LogP contribution in [0.1, 0.15) is 32.8 Å². The standard InChI is InChI=1S/C22H26F2N2O4/c1-22(2,3)30-21(29)26(12-4-11-23)14-15-5-7-16(8-6-15)18-10-9-17(13-19(18)24)25-20(27)28/h5-10,13,25H,4,11-12,14H2,1-3H3,(H,27,28). The molecule has 162 valence electrons. The minimum atomic E-state index is -1.27. The number of carbonyl (C=O) groups excluding carboxylic acids is 1. The van der Waals surface area contributed by atoms with Gasteiger partial charge in [-0.05, 0) is 56.5 Å². The number of benzene rings is 2. The van der Waals surface area contributed by atoms with Crippen LogP contribution in [0.2, 0.25) is 0 Å². The lowest BCUT2D eigenvalue weighted by molar-refractivity contribution is 0.0228. The van der Waals surface area contributed by atoms with Gasteiger partial charge in [-0.1, -0.05) is 24.3 Å². The molecular formula is C22H26F2N2O4. The third-order valence-corrected chi connectivity index (χ3v) is 4.07. The maximum absolute atomic E-state index is 14.4. The maximum atomic E-state index is 14.4. The fourth-order valence-corrected chi connectivity index (χ4v) is 2.77. The van der Waals surface area contributed by atoms with E-state index in [9.17, 15) is 18.4 Å². The number of rotatable bonds is 7. The van der Waals surface area contributed by atoms with E-state index < -0.39 is 30.3 Å². The molecule has 0 aromatic heterocycles. The largest absolute Gasteiger partial charge is 0.465 e. The number of hydrogen-bond donors (Lipinski definition) is 2. The Balaban J connectivity index is 2.15. The van der Waals surface area contributed by atoms with Gasteiger partial charge < -0.3 is 14.7 Å². The number of nitrogens with one attached hydrogen (secondary N) is 1. The Morgan fingerprint density at radius 1 is 1.13 bits per heavy atom. The fraction of sp³-hybridized carbons (Fsp3) is 0.364. The van der Waals surface area contributed by atoms with E-state index in [1.165, 1.54) is 17.0 Å². The Bertz CT molecular complexity index is 880. The predicted molar refractivity (Wildman–Crippen MR) is 111 cm³/mol. The molecular weight excluding hydrogens is 394 g/mol. The van der Waals surface area contributed by atoms with Crippen LogP contribution in [0, 0.1) is 5.82 Å². The van der Waals surface area contributed by atoms with E-state index in [4.69, 9.17) is 9.84 Å². The molecule has 2 N–H and O–H groups in total. The van der Waals surface area contributed by atoms with Crippen molar-refractivity contribution in [3.63, 3.8) is 0 Å². The van der Waals surface area contributed by atoms with Crippen LogP contribution >= 0.6 is 0 Å². The average molecular weight is 420 g/mol. The number of carboxylic acid groups (broad SMARTS) is 1. The first kappa shape index (κ1) is 23.1. The summed E-state index contributed by atoms with van der Waals surface area (Å²) in [5.41, 5.74) is 1.19. The Kier molecular flexibility index (Phi) is 7.74. The van der Waals surface area contributed by atoms with Crippen molar-refractivity contribution in [1.29, 1.82) is 0 Å². The second-order valence-electron chi connectivity index (χ2n) is 7.77. The van der Waals surface area contributed by atoms with Crippen LogP contribution in [0.15, 0.2) is 42.5 Å². The van der Waals surface area contributed by atoms with Crippen molar-refractivity contribution in [1.82, 2.24) is 4.90 Å². The summed E-state index contributed by atoms with van der Waals surface area (Å²) in [6.07, 6.45) is -1.58. The lowest BCUT2D eigenvalue weighted by Crippen LogP contribution is -2.37. The van der Waals surface area contributed by atoms with Crippen LogP contribution in [0.3, 0.4) is 0 Å². The first-order valence-corrected chi connectivity index (χ1v) is 9.52. The van der Waals surface area contributed by atoms with Gasteiger partial charge in [0.05, 0.1) is 6.67 Å². The lowest BCUT2D eigenvalue weighted by Gasteiger charge is -2.27. The van der Waals surface area contributed by atoms with Gasteiger partial charge in [0.15, 0.2) is 0 Å². The second kappa shape index (κ2) is 10.0. The van der Waals surface area contributed by atoms with E-state index in [2.05, 4.69) is 5.32 Å². The van der Waals surface area contributed by atoms with Crippen molar-refractivity contribution in [2.75, 3.05) is 18.5 Å². The van der Waals surface area contributed by atoms with E-state index in [1.54, 1.807) is 45.0 Å². The van der Waals surface area contributed by atoms with Crippen LogP contribution in [0.4, 0.5) is 24.1 Å². The zero-order valence-electron chi connectivity index (χ0n) is 17.2. The van der Waals surface area contributed by atoms with Gasteiger partial charge in [-0.15, -0.1) is 0 Å². The van der Waals surface area contributed by atoms with Gasteiger partial charge in [-0.3, -0.25) is 9.71 Å². The molecule has 2 rings (SSSR count). The highest BCUT2D eigenvalue weighted by molar-refractivity contribution is 5.83. The van der Waals surface area contributed by atoms with Gasteiger partial charge in [-0.25, -0.2) is 14.0 Å². The number of alkyl halides is 1. The number of carbonyl (C=O) groups is 2. The number of anilines is 1. The fourth-order valence-electron chi connectivity index (χ4n) is 2.77. The van der Waals surface area contributed by atoms with Crippen molar-refractivity contribution < 1.29 is 28.2 Å².